The van der Waals surface area contributed by atoms with Crippen LogP contribution in [0, 0.1) is 0 Å². The van der Waals surface area contributed by atoms with Gasteiger partial charge in [-0.3, -0.25) is 0 Å². The molecule has 3 nitrogen and oxygen atoms in total. The summed E-state index contributed by atoms with van der Waals surface area (Å²) in [5.41, 5.74) is 4.74. The van der Waals surface area contributed by atoms with Crippen LogP contribution >= 0.6 is 0 Å². The van der Waals surface area contributed by atoms with Gasteiger partial charge in [-0.05, 0) is 0 Å². The molecule has 0 spiro atoms. The molecule has 54 valence electrons. The first-order valence-electron chi connectivity index (χ1n) is 2.27. The van der Waals surface area contributed by atoms with Crippen molar-refractivity contribution in [2.75, 3.05) is 6.61 Å². The summed E-state index contributed by atoms with van der Waals surface area (Å²) in [6.07, 6.45) is 0.895. The third kappa shape index (κ3) is 3.72. The van der Waals surface area contributed by atoms with Gasteiger partial charge in [-0.1, -0.05) is 0 Å². The minimum absolute atomic E-state index is 0.0787. The van der Waals surface area contributed by atoms with E-state index in [1.54, 1.807) is 5.32 Å². The molecule has 0 aromatic heterocycles. The van der Waals surface area contributed by atoms with Crippen molar-refractivity contribution in [2.24, 2.45) is 5.73 Å². The summed E-state index contributed by atoms with van der Waals surface area (Å²) in [6.45, 7) is -3.17. The van der Waals surface area contributed by atoms with Gasteiger partial charge in [-0.2, -0.15) is 8.78 Å². The molecule has 0 aliphatic rings. The van der Waals surface area contributed by atoms with E-state index in [0.29, 0.717) is 0 Å². The van der Waals surface area contributed by atoms with Crippen LogP contribution in [-0.4, -0.2) is 18.3 Å². The van der Waals surface area contributed by atoms with E-state index in [1.807, 2.05) is 0 Å². The minimum atomic E-state index is -2.67. The molecule has 0 amide bonds. The quantitative estimate of drug-likeness (QED) is 0.465. The normalized spacial score (nSPS) is 12.2. The number of nitrogens with one attached hydrogen (secondary N) is 1. The maximum Gasteiger partial charge on any atom is 0.312 e. The second-order valence-corrected chi connectivity index (χ2v) is 1.30. The van der Waals surface area contributed by atoms with Gasteiger partial charge >= 0.3 is 6.55 Å². The van der Waals surface area contributed by atoms with E-state index < -0.39 is 13.2 Å². The second kappa shape index (κ2) is 4.08. The zero-order valence-corrected chi connectivity index (χ0v) is 4.64. The predicted octanol–water partition coefficient (Wildman–Crippen LogP) is -0.409. The van der Waals surface area contributed by atoms with Crippen molar-refractivity contribution < 1.29 is 13.9 Å². The summed E-state index contributed by atoms with van der Waals surface area (Å²) in [6, 6.07) is 0. The first-order valence-corrected chi connectivity index (χ1v) is 2.27. The fourth-order valence-corrected chi connectivity index (χ4v) is 0.287. The average Bonchev–Trinajstić information content (AvgIpc) is 1.82. The van der Waals surface area contributed by atoms with Crippen LogP contribution in [0.4, 0.5) is 8.78 Å². The number of rotatable bonds is 3. The molecule has 0 aliphatic carbocycles. The number of aliphatic hydroxyl groups is 1. The van der Waals surface area contributed by atoms with Crippen LogP contribution in [0.5, 0.6) is 0 Å². The maximum absolute atomic E-state index is 11.3. The molecule has 4 N–H and O–H groups in total. The standard InChI is InChI=1S/C4H8F2N2O/c5-4(6)8-3(1-7)2-9/h1,4,8-9H,2,7H2/b3-1-. The highest BCUT2D eigenvalue weighted by Gasteiger charge is 2.01. The second-order valence-electron chi connectivity index (χ2n) is 1.30. The number of halogens is 2. The minimum Gasteiger partial charge on any atom is -0.403 e. The molecule has 0 atom stereocenters. The summed E-state index contributed by atoms with van der Waals surface area (Å²) in [4.78, 5) is 0. The van der Waals surface area contributed by atoms with Crippen LogP contribution in [0.1, 0.15) is 0 Å². The fourth-order valence-electron chi connectivity index (χ4n) is 0.287. The van der Waals surface area contributed by atoms with E-state index in [1.165, 1.54) is 0 Å². The number of aliphatic hydroxyl groups excluding tert-OH is 1. The lowest BCUT2D eigenvalue weighted by Crippen LogP contribution is -2.22. The van der Waals surface area contributed by atoms with E-state index in [9.17, 15) is 8.78 Å². The summed E-state index contributed by atoms with van der Waals surface area (Å²) in [5, 5.41) is 9.86. The molecule has 0 unspecified atom stereocenters. The lowest BCUT2D eigenvalue weighted by molar-refractivity contribution is 0.114. The van der Waals surface area contributed by atoms with E-state index in [0.717, 1.165) is 6.20 Å². The SMILES string of the molecule is N/C=C(/CO)NC(F)F. The summed E-state index contributed by atoms with van der Waals surface area (Å²) in [7, 11) is 0. The van der Waals surface area contributed by atoms with Crippen LogP contribution in [0.2, 0.25) is 0 Å². The van der Waals surface area contributed by atoms with E-state index in [4.69, 9.17) is 10.8 Å². The Morgan fingerprint density at radius 2 is 2.33 bits per heavy atom. The monoisotopic (exact) mass is 138 g/mol. The molecule has 0 aromatic rings. The molecular formula is C4H8F2N2O. The van der Waals surface area contributed by atoms with Crippen molar-refractivity contribution in [3.63, 3.8) is 0 Å². The van der Waals surface area contributed by atoms with E-state index in [-0.39, 0.29) is 5.70 Å². The lowest BCUT2D eigenvalue weighted by atomic mass is 10.5. The van der Waals surface area contributed by atoms with Gasteiger partial charge in [0.25, 0.3) is 0 Å². The highest BCUT2D eigenvalue weighted by atomic mass is 19.3. The predicted molar refractivity (Wildman–Crippen MR) is 28.5 cm³/mol. The van der Waals surface area contributed by atoms with Gasteiger partial charge in [0.1, 0.15) is 0 Å². The molecule has 0 aromatic carbocycles. The molecule has 0 rings (SSSR count). The van der Waals surface area contributed by atoms with Gasteiger partial charge in [-0.15, -0.1) is 0 Å². The molecule has 0 fully saturated rings. The van der Waals surface area contributed by atoms with Crippen LogP contribution < -0.4 is 11.1 Å². The first-order chi connectivity index (χ1) is 4.20. The van der Waals surface area contributed by atoms with Gasteiger partial charge in [0.2, 0.25) is 0 Å². The Hall–Kier alpha value is -0.840. The zero-order valence-electron chi connectivity index (χ0n) is 4.64. The van der Waals surface area contributed by atoms with Crippen molar-refractivity contribution in [1.29, 1.82) is 0 Å². The van der Waals surface area contributed by atoms with Crippen LogP contribution in [0.25, 0.3) is 0 Å². The van der Waals surface area contributed by atoms with Crippen molar-refractivity contribution in [2.45, 2.75) is 6.55 Å². The maximum atomic E-state index is 11.3. The average molecular weight is 138 g/mol. The van der Waals surface area contributed by atoms with Crippen LogP contribution in [-0.2, 0) is 0 Å². The summed E-state index contributed by atoms with van der Waals surface area (Å²) in [5.74, 6) is 0. The van der Waals surface area contributed by atoms with Crippen LogP contribution in [0.15, 0.2) is 11.9 Å². The number of nitrogens with two attached hydrogens (primary N) is 1. The van der Waals surface area contributed by atoms with E-state index in [2.05, 4.69) is 0 Å². The molecule has 0 aliphatic heterocycles. The Bertz CT molecular complexity index is 105. The van der Waals surface area contributed by atoms with Gasteiger partial charge in [0.05, 0.1) is 12.3 Å². The van der Waals surface area contributed by atoms with Gasteiger partial charge < -0.3 is 16.2 Å². The van der Waals surface area contributed by atoms with Gasteiger partial charge in [0, 0.05) is 6.20 Å². The Morgan fingerprint density at radius 1 is 1.78 bits per heavy atom. The number of hydrogen-bond donors (Lipinski definition) is 3. The molecule has 0 radical (unpaired) electrons. The van der Waals surface area contributed by atoms with Crippen molar-refractivity contribution in [1.82, 2.24) is 5.32 Å². The molecule has 0 saturated carbocycles. The first kappa shape index (κ1) is 8.16. The fraction of sp³-hybridized carbons (Fsp3) is 0.500. The molecule has 0 bridgehead atoms. The Balaban J connectivity index is 3.58. The van der Waals surface area contributed by atoms with Gasteiger partial charge in [-0.25, -0.2) is 0 Å². The topological polar surface area (TPSA) is 58.3 Å². The van der Waals surface area contributed by atoms with Crippen molar-refractivity contribution in [3.8, 4) is 0 Å². The Kier molecular flexibility index (Phi) is 3.70. The molecule has 0 heterocycles. The van der Waals surface area contributed by atoms with Crippen LogP contribution in [0.3, 0.4) is 0 Å². The van der Waals surface area contributed by atoms with Crippen molar-refractivity contribution >= 4 is 0 Å². The molecule has 5 heteroatoms. The molecule has 0 saturated heterocycles. The highest BCUT2D eigenvalue weighted by molar-refractivity contribution is 4.95. The Labute approximate surface area is 51.2 Å². The third-order valence-electron chi connectivity index (χ3n) is 0.666. The summed E-state index contributed by atoms with van der Waals surface area (Å²) < 4.78 is 22.7. The Morgan fingerprint density at radius 3 is 2.44 bits per heavy atom. The number of alkyl halides is 2. The molecular weight excluding hydrogens is 130 g/mol. The largest absolute Gasteiger partial charge is 0.403 e. The van der Waals surface area contributed by atoms with E-state index >= 15 is 0 Å². The molecule has 9 heavy (non-hydrogen) atoms. The van der Waals surface area contributed by atoms with Crippen molar-refractivity contribution in [3.05, 3.63) is 11.9 Å². The highest BCUT2D eigenvalue weighted by Crippen LogP contribution is 1.90. The smallest absolute Gasteiger partial charge is 0.312 e. The lowest BCUT2D eigenvalue weighted by Gasteiger charge is -2.04. The number of hydrogen-bond acceptors (Lipinski definition) is 3. The summed E-state index contributed by atoms with van der Waals surface area (Å²) >= 11 is 0. The third-order valence-corrected chi connectivity index (χ3v) is 0.666. The zero-order chi connectivity index (χ0) is 7.28. The van der Waals surface area contributed by atoms with Gasteiger partial charge in [0.15, 0.2) is 0 Å².